The highest BCUT2D eigenvalue weighted by Gasteiger charge is 2.20. The number of aromatic hydroxyl groups is 1. The second kappa shape index (κ2) is 4.05. The van der Waals surface area contributed by atoms with Gasteiger partial charge in [0.1, 0.15) is 17.3 Å². The van der Waals surface area contributed by atoms with Gasteiger partial charge in [0.05, 0.1) is 5.69 Å². The maximum atomic E-state index is 9.96. The minimum absolute atomic E-state index is 0.0698. The molecule has 0 aliphatic carbocycles. The number of rotatable bonds is 1. The van der Waals surface area contributed by atoms with Crippen molar-refractivity contribution < 1.29 is 5.11 Å². The third-order valence-electron chi connectivity index (χ3n) is 2.86. The van der Waals surface area contributed by atoms with Crippen molar-refractivity contribution >= 4 is 5.82 Å². The molecule has 0 bridgehead atoms. The van der Waals surface area contributed by atoms with E-state index < -0.39 is 0 Å². The number of nitrogens with zero attached hydrogens (tertiary/aromatic N) is 2. The van der Waals surface area contributed by atoms with Crippen molar-refractivity contribution in [3.05, 3.63) is 35.5 Å². The van der Waals surface area contributed by atoms with Crippen LogP contribution in [0.4, 0.5) is 5.82 Å². The molecule has 2 rings (SSSR count). The molecule has 0 aliphatic heterocycles. The van der Waals surface area contributed by atoms with E-state index in [0.29, 0.717) is 11.5 Å². The Hall–Kier alpha value is -1.97. The van der Waals surface area contributed by atoms with E-state index in [2.05, 4.69) is 25.9 Å². The van der Waals surface area contributed by atoms with Gasteiger partial charge in [-0.2, -0.15) is 5.10 Å². The van der Waals surface area contributed by atoms with Gasteiger partial charge in [0.25, 0.3) is 0 Å². The smallest absolute Gasteiger partial charge is 0.141 e. The maximum absolute atomic E-state index is 9.96. The van der Waals surface area contributed by atoms with Gasteiger partial charge in [-0.15, -0.1) is 0 Å². The minimum atomic E-state index is -0.0698. The Morgan fingerprint density at radius 3 is 2.39 bits per heavy atom. The molecule has 4 nitrogen and oxygen atoms in total. The van der Waals surface area contributed by atoms with Crippen molar-refractivity contribution in [2.75, 3.05) is 5.73 Å². The van der Waals surface area contributed by atoms with Crippen LogP contribution in [-0.2, 0) is 5.41 Å². The summed E-state index contributed by atoms with van der Waals surface area (Å²) < 4.78 is 1.58. The van der Waals surface area contributed by atoms with E-state index in [0.717, 1.165) is 11.3 Å². The number of aryl methyl sites for hydroxylation is 1. The Labute approximate surface area is 107 Å². The van der Waals surface area contributed by atoms with Crippen LogP contribution in [0.25, 0.3) is 5.69 Å². The Morgan fingerprint density at radius 2 is 1.89 bits per heavy atom. The van der Waals surface area contributed by atoms with Crippen molar-refractivity contribution in [3.8, 4) is 11.4 Å². The molecule has 0 unspecified atom stereocenters. The standard InChI is InChI=1S/C14H19N3O/c1-9-5-6-10(11(18)7-9)17-13(15)8-12(16-17)14(2,3)4/h5-8,18H,15H2,1-4H3. The molecule has 0 amide bonds. The average molecular weight is 245 g/mol. The van der Waals surface area contributed by atoms with Gasteiger partial charge in [0.2, 0.25) is 0 Å². The van der Waals surface area contributed by atoms with E-state index in [4.69, 9.17) is 5.73 Å². The molecule has 0 aliphatic rings. The zero-order valence-electron chi connectivity index (χ0n) is 11.2. The lowest BCUT2D eigenvalue weighted by atomic mass is 9.92. The SMILES string of the molecule is Cc1ccc(-n2nc(C(C)(C)C)cc2N)c(O)c1. The number of hydrogen-bond donors (Lipinski definition) is 2. The van der Waals surface area contributed by atoms with E-state index >= 15 is 0 Å². The van der Waals surface area contributed by atoms with Crippen molar-refractivity contribution in [1.82, 2.24) is 9.78 Å². The first-order chi connectivity index (χ1) is 8.29. The van der Waals surface area contributed by atoms with Crippen LogP contribution in [-0.4, -0.2) is 14.9 Å². The van der Waals surface area contributed by atoms with Crippen molar-refractivity contribution in [2.24, 2.45) is 0 Å². The zero-order valence-corrected chi connectivity index (χ0v) is 11.2. The first-order valence-corrected chi connectivity index (χ1v) is 5.95. The predicted molar refractivity (Wildman–Crippen MR) is 73.1 cm³/mol. The highest BCUT2D eigenvalue weighted by molar-refractivity contribution is 5.52. The summed E-state index contributed by atoms with van der Waals surface area (Å²) in [4.78, 5) is 0. The molecule has 0 atom stereocenters. The molecule has 0 spiro atoms. The van der Waals surface area contributed by atoms with E-state index in [1.165, 1.54) is 0 Å². The quantitative estimate of drug-likeness (QED) is 0.812. The average Bonchev–Trinajstić information content (AvgIpc) is 2.60. The number of hydrogen-bond acceptors (Lipinski definition) is 3. The Kier molecular flexibility index (Phi) is 2.81. The van der Waals surface area contributed by atoms with Gasteiger partial charge >= 0.3 is 0 Å². The molecule has 18 heavy (non-hydrogen) atoms. The third kappa shape index (κ3) is 2.18. The lowest BCUT2D eigenvalue weighted by molar-refractivity contribution is 0.469. The number of aromatic nitrogens is 2. The number of anilines is 1. The zero-order chi connectivity index (χ0) is 13.5. The van der Waals surface area contributed by atoms with E-state index in [1.807, 2.05) is 25.1 Å². The molecule has 0 saturated carbocycles. The molecular formula is C14H19N3O. The van der Waals surface area contributed by atoms with Crippen LogP contribution in [0.3, 0.4) is 0 Å². The first-order valence-electron chi connectivity index (χ1n) is 5.95. The van der Waals surface area contributed by atoms with Crippen LogP contribution >= 0.6 is 0 Å². The molecule has 2 aromatic rings. The van der Waals surface area contributed by atoms with Gasteiger partial charge in [-0.3, -0.25) is 0 Å². The number of phenols is 1. The second-order valence-corrected chi connectivity index (χ2v) is 5.61. The Balaban J connectivity index is 2.55. The van der Waals surface area contributed by atoms with Crippen molar-refractivity contribution in [3.63, 3.8) is 0 Å². The summed E-state index contributed by atoms with van der Waals surface area (Å²) in [6.07, 6.45) is 0. The first kappa shape index (κ1) is 12.5. The Bertz CT molecular complexity index is 579. The minimum Gasteiger partial charge on any atom is -0.506 e. The molecule has 0 saturated heterocycles. The summed E-state index contributed by atoms with van der Waals surface area (Å²) in [5.41, 5.74) is 8.40. The molecule has 4 heteroatoms. The monoisotopic (exact) mass is 245 g/mol. The lowest BCUT2D eigenvalue weighted by Crippen LogP contribution is -2.12. The molecular weight excluding hydrogens is 226 g/mol. The van der Waals surface area contributed by atoms with Crippen LogP contribution in [0.2, 0.25) is 0 Å². The summed E-state index contributed by atoms with van der Waals surface area (Å²) >= 11 is 0. The predicted octanol–water partition coefficient (Wildman–Crippen LogP) is 2.77. The molecule has 1 heterocycles. The summed E-state index contributed by atoms with van der Waals surface area (Å²) in [7, 11) is 0. The molecule has 0 radical (unpaired) electrons. The molecule has 96 valence electrons. The molecule has 3 N–H and O–H groups in total. The van der Waals surface area contributed by atoms with Crippen LogP contribution in [0, 0.1) is 6.92 Å². The van der Waals surface area contributed by atoms with E-state index in [-0.39, 0.29) is 11.2 Å². The van der Waals surface area contributed by atoms with Crippen LogP contribution in [0.5, 0.6) is 5.75 Å². The van der Waals surface area contributed by atoms with Gasteiger partial charge in [0.15, 0.2) is 0 Å². The highest BCUT2D eigenvalue weighted by Crippen LogP contribution is 2.28. The van der Waals surface area contributed by atoms with Crippen LogP contribution in [0.15, 0.2) is 24.3 Å². The number of phenolic OH excluding ortho intramolecular Hbond substituents is 1. The summed E-state index contributed by atoms with van der Waals surface area (Å²) in [6, 6.07) is 7.29. The molecule has 1 aromatic heterocycles. The fourth-order valence-electron chi connectivity index (χ4n) is 1.77. The fraction of sp³-hybridized carbons (Fsp3) is 0.357. The molecule has 1 aromatic carbocycles. The summed E-state index contributed by atoms with van der Waals surface area (Å²) in [6.45, 7) is 8.16. The fourth-order valence-corrected chi connectivity index (χ4v) is 1.77. The van der Waals surface area contributed by atoms with Gasteiger partial charge in [-0.05, 0) is 24.6 Å². The lowest BCUT2D eigenvalue weighted by Gasteiger charge is -2.14. The van der Waals surface area contributed by atoms with Gasteiger partial charge in [0, 0.05) is 11.5 Å². The largest absolute Gasteiger partial charge is 0.506 e. The van der Waals surface area contributed by atoms with Gasteiger partial charge in [-0.25, -0.2) is 4.68 Å². The second-order valence-electron chi connectivity index (χ2n) is 5.61. The Morgan fingerprint density at radius 1 is 1.22 bits per heavy atom. The van der Waals surface area contributed by atoms with Gasteiger partial charge < -0.3 is 10.8 Å². The van der Waals surface area contributed by atoms with E-state index in [9.17, 15) is 5.11 Å². The van der Waals surface area contributed by atoms with Gasteiger partial charge in [-0.1, -0.05) is 26.8 Å². The summed E-state index contributed by atoms with van der Waals surface area (Å²) in [5, 5.41) is 14.4. The maximum Gasteiger partial charge on any atom is 0.141 e. The summed E-state index contributed by atoms with van der Waals surface area (Å²) in [5.74, 6) is 0.712. The number of benzene rings is 1. The van der Waals surface area contributed by atoms with Crippen LogP contribution in [0.1, 0.15) is 32.0 Å². The highest BCUT2D eigenvalue weighted by atomic mass is 16.3. The topological polar surface area (TPSA) is 64.1 Å². The molecule has 0 fully saturated rings. The third-order valence-corrected chi connectivity index (χ3v) is 2.86. The van der Waals surface area contributed by atoms with Crippen LogP contribution < -0.4 is 5.73 Å². The normalized spacial score (nSPS) is 11.8. The number of nitrogens with two attached hydrogens (primary N) is 1. The number of nitrogen functional groups attached to an aromatic ring is 1. The van der Waals surface area contributed by atoms with E-state index in [1.54, 1.807) is 10.7 Å². The van der Waals surface area contributed by atoms with Crippen molar-refractivity contribution in [1.29, 1.82) is 0 Å². The van der Waals surface area contributed by atoms with Crippen molar-refractivity contribution in [2.45, 2.75) is 33.1 Å².